The monoisotopic (exact) mass is 889 g/mol. The van der Waals surface area contributed by atoms with E-state index < -0.39 is 0 Å². The van der Waals surface area contributed by atoms with Crippen molar-refractivity contribution >= 4 is 4.21 Å². The molecule has 0 nitrogen and oxygen atoms in total. The molecule has 0 aliphatic heterocycles. The molecule has 0 aromatic heterocycles. The molecule has 4 aromatic rings. The first-order valence-electron chi connectivity index (χ1n) is 23.3. The minimum atomic E-state index is 0.177. The Labute approximate surface area is 389 Å². The number of rotatable bonds is 2. The van der Waals surface area contributed by atoms with Gasteiger partial charge in [-0.2, -0.15) is 113 Å². The average Bonchev–Trinajstić information content (AvgIpc) is 3.71. The van der Waals surface area contributed by atoms with Crippen molar-refractivity contribution in [2.24, 2.45) is 29.1 Å². The molecular formula is C60H78Zr-4. The second-order valence-corrected chi connectivity index (χ2v) is 23.3. The van der Waals surface area contributed by atoms with Gasteiger partial charge in [-0.3, -0.25) is 6.08 Å². The SMILES string of the molecule is CC(C)(C)c1c[c-]c2c(c1)-c1cc(C(C)(C)C)ccc1C2.CC(C)(C)c1cc[c-]cc1.CC(C)(C)c1cc[c-]cc1.CC1=[C-]C(C)C=C1CC12CC3CC(CC(C3)C1)C2.[CH2]=[Zr]. The van der Waals surface area contributed by atoms with Crippen molar-refractivity contribution < 1.29 is 24.2 Å². The van der Waals surface area contributed by atoms with E-state index in [1.54, 1.807) is 44.1 Å². The summed E-state index contributed by atoms with van der Waals surface area (Å²) >= 11 is 1.30. The summed E-state index contributed by atoms with van der Waals surface area (Å²) in [6.07, 6.45) is 17.8. The topological polar surface area (TPSA) is 0 Å². The van der Waals surface area contributed by atoms with Crippen LogP contribution in [0, 0.1) is 53.4 Å². The third-order valence-electron chi connectivity index (χ3n) is 13.8. The van der Waals surface area contributed by atoms with Gasteiger partial charge in [0.2, 0.25) is 0 Å². The summed E-state index contributed by atoms with van der Waals surface area (Å²) in [4.78, 5) is 0. The fourth-order valence-electron chi connectivity index (χ4n) is 10.8. The van der Waals surface area contributed by atoms with Gasteiger partial charge in [0.15, 0.2) is 0 Å². The number of allylic oxidation sites excluding steroid dienone is 4. The van der Waals surface area contributed by atoms with E-state index in [2.05, 4.69) is 186 Å². The maximum atomic E-state index is 3.57. The van der Waals surface area contributed by atoms with Gasteiger partial charge in [-0.25, -0.2) is 5.57 Å². The van der Waals surface area contributed by atoms with Crippen molar-refractivity contribution in [1.82, 2.24) is 0 Å². The summed E-state index contributed by atoms with van der Waals surface area (Å²) in [5.41, 5.74) is 15.8. The van der Waals surface area contributed by atoms with Gasteiger partial charge in [-0.05, 0) is 89.9 Å². The molecule has 0 spiro atoms. The third kappa shape index (κ3) is 13.1. The zero-order chi connectivity index (χ0) is 45.0. The molecule has 1 unspecified atom stereocenters. The molecule has 6 aliphatic carbocycles. The van der Waals surface area contributed by atoms with Crippen LogP contribution in [0.5, 0.6) is 0 Å². The Bertz CT molecular complexity index is 1950. The second-order valence-electron chi connectivity index (χ2n) is 23.3. The first-order chi connectivity index (χ1) is 28.5. The van der Waals surface area contributed by atoms with Crippen LogP contribution < -0.4 is 0 Å². The Kier molecular flexibility index (Phi) is 16.0. The Balaban J connectivity index is 0.000000160. The number of fused-ring (bicyclic) bond motifs is 3. The van der Waals surface area contributed by atoms with Crippen LogP contribution in [0.3, 0.4) is 0 Å². The fraction of sp³-hybridized carbons (Fsp3) is 0.517. The van der Waals surface area contributed by atoms with Crippen LogP contribution in [0.1, 0.15) is 175 Å². The normalized spacial score (nSPS) is 23.2. The molecule has 4 bridgehead atoms. The molecular weight excluding hydrogens is 812 g/mol. The zero-order valence-corrected chi connectivity index (χ0v) is 43.2. The van der Waals surface area contributed by atoms with Crippen molar-refractivity contribution in [2.75, 3.05) is 0 Å². The quantitative estimate of drug-likeness (QED) is 0.155. The predicted octanol–water partition coefficient (Wildman–Crippen LogP) is 16.1. The summed E-state index contributed by atoms with van der Waals surface area (Å²) in [5, 5.41) is 0. The van der Waals surface area contributed by atoms with Crippen LogP contribution in [0.2, 0.25) is 0 Å². The summed E-state index contributed by atoms with van der Waals surface area (Å²) in [5.74, 6) is 3.82. The van der Waals surface area contributed by atoms with Crippen LogP contribution in [0.15, 0.2) is 96.1 Å². The standard InChI is InChI=1S/C21H25.C18H25.2C10H13.CH2.Zr/c1-20(2,3)16-9-7-14-11-15-8-10-17(21(4,5)6)13-19(15)18(14)12-16;1-12-3-13(2)17(4-12)11-18-8-14-5-15(9-18)7-16(6-14)10-18;2*1-10(2,3)9-7-5-4-6-8-9;;/h7,9-10,12-13H,11H2,1-6H3;4,12,14-16H,5-11H2,1-2H3;2*5-8H,1-3H3;1H2;/q4*-1;;. The first-order valence-corrected chi connectivity index (χ1v) is 25.0. The van der Waals surface area contributed by atoms with Gasteiger partial charge in [-0.1, -0.05) is 144 Å². The Morgan fingerprint density at radius 1 is 0.607 bits per heavy atom. The van der Waals surface area contributed by atoms with Gasteiger partial charge in [0.25, 0.3) is 0 Å². The summed E-state index contributed by atoms with van der Waals surface area (Å²) < 4.78 is 3.34. The van der Waals surface area contributed by atoms with Crippen molar-refractivity contribution in [3.63, 3.8) is 0 Å². The summed E-state index contributed by atoms with van der Waals surface area (Å²) in [6, 6.07) is 37.4. The van der Waals surface area contributed by atoms with Crippen LogP contribution in [-0.4, -0.2) is 4.21 Å². The van der Waals surface area contributed by atoms with Crippen molar-refractivity contribution in [3.8, 4) is 11.1 Å². The fourth-order valence-corrected chi connectivity index (χ4v) is 10.8. The number of hydrogen-bond donors (Lipinski definition) is 0. The van der Waals surface area contributed by atoms with Crippen LogP contribution >= 0.6 is 0 Å². The van der Waals surface area contributed by atoms with E-state index >= 15 is 0 Å². The Hall–Kier alpha value is -2.89. The van der Waals surface area contributed by atoms with E-state index in [0.717, 1.165) is 24.2 Å². The average molecular weight is 891 g/mol. The molecule has 0 N–H and O–H groups in total. The van der Waals surface area contributed by atoms with E-state index in [4.69, 9.17) is 0 Å². The van der Waals surface area contributed by atoms with Gasteiger partial charge < -0.3 is 0 Å². The van der Waals surface area contributed by atoms with Gasteiger partial charge in [0.1, 0.15) is 0 Å². The molecule has 10 rings (SSSR count). The van der Waals surface area contributed by atoms with Crippen LogP contribution in [0.4, 0.5) is 0 Å². The van der Waals surface area contributed by atoms with E-state index in [1.165, 1.54) is 80.7 Å². The van der Waals surface area contributed by atoms with E-state index in [0.29, 0.717) is 11.3 Å². The Morgan fingerprint density at radius 3 is 1.44 bits per heavy atom. The Morgan fingerprint density at radius 2 is 1.05 bits per heavy atom. The number of hydrogen-bond acceptors (Lipinski definition) is 0. The maximum absolute atomic E-state index is 3.57. The summed E-state index contributed by atoms with van der Waals surface area (Å²) in [6.45, 7) is 31.5. The first kappa shape index (κ1) is 49.1. The molecule has 4 aromatic carbocycles. The molecule has 6 aliphatic rings. The molecule has 61 heavy (non-hydrogen) atoms. The third-order valence-corrected chi connectivity index (χ3v) is 13.8. The second kappa shape index (κ2) is 19.9. The van der Waals surface area contributed by atoms with Crippen molar-refractivity contribution in [3.05, 3.63) is 154 Å². The minimum absolute atomic E-state index is 0.177. The molecule has 0 amide bonds. The van der Waals surface area contributed by atoms with Crippen molar-refractivity contribution in [1.29, 1.82) is 0 Å². The van der Waals surface area contributed by atoms with E-state index in [1.807, 2.05) is 24.3 Å². The number of benzene rings is 4. The van der Waals surface area contributed by atoms with E-state index in [9.17, 15) is 0 Å². The van der Waals surface area contributed by atoms with Crippen molar-refractivity contribution in [2.45, 2.75) is 170 Å². The molecule has 4 saturated carbocycles. The van der Waals surface area contributed by atoms with Gasteiger partial charge >= 0.3 is 28.4 Å². The predicted molar refractivity (Wildman–Crippen MR) is 261 cm³/mol. The van der Waals surface area contributed by atoms with Gasteiger partial charge in [-0.15, -0.1) is 5.56 Å². The molecule has 4 fully saturated rings. The van der Waals surface area contributed by atoms with E-state index in [-0.39, 0.29) is 21.7 Å². The van der Waals surface area contributed by atoms with Gasteiger partial charge in [0, 0.05) is 0 Å². The van der Waals surface area contributed by atoms with Crippen LogP contribution in [-0.2, 0) is 52.3 Å². The molecule has 0 saturated heterocycles. The zero-order valence-electron chi connectivity index (χ0n) is 40.8. The summed E-state index contributed by atoms with van der Waals surface area (Å²) in [7, 11) is 0. The van der Waals surface area contributed by atoms with Gasteiger partial charge in [0.05, 0.1) is 0 Å². The molecule has 1 heteroatoms. The molecule has 0 heterocycles. The van der Waals surface area contributed by atoms with Crippen LogP contribution in [0.25, 0.3) is 11.1 Å². The molecule has 1 atom stereocenters. The molecule has 326 valence electrons. The molecule has 0 radical (unpaired) electrons.